The number of para-hydroxylation sites is 1. The van der Waals surface area contributed by atoms with Crippen molar-refractivity contribution in [3.63, 3.8) is 0 Å². The molecule has 2 aromatic carbocycles. The molecule has 0 aliphatic rings. The second-order valence-electron chi connectivity index (χ2n) is 7.88. The molecule has 3 aromatic heterocycles. The van der Waals surface area contributed by atoms with Crippen LogP contribution in [0.5, 0.6) is 5.75 Å². The third-order valence-electron chi connectivity index (χ3n) is 5.73. The standard InChI is InChI=1S/C26H24N4O/c1-17-24(19-6-7-20-12-28-9-8-18(20)10-19)14-29-15-26(17)31-16-22(27)11-21-13-30-25-5-3-2-4-23(21)25/h2-10,12-15,22,30H,11,16,27H2,1H3/t22-/m0/s1. The molecule has 0 bridgehead atoms. The molecule has 0 saturated carbocycles. The van der Waals surface area contributed by atoms with Crippen molar-refractivity contribution in [2.24, 2.45) is 5.73 Å². The maximum atomic E-state index is 6.40. The van der Waals surface area contributed by atoms with Crippen molar-refractivity contribution in [1.82, 2.24) is 15.0 Å². The summed E-state index contributed by atoms with van der Waals surface area (Å²) in [6.45, 7) is 2.49. The van der Waals surface area contributed by atoms with Crippen LogP contribution in [0.15, 0.2) is 79.5 Å². The molecule has 0 aliphatic carbocycles. The van der Waals surface area contributed by atoms with Gasteiger partial charge in [-0.15, -0.1) is 0 Å². The fourth-order valence-corrected chi connectivity index (χ4v) is 4.03. The van der Waals surface area contributed by atoms with Gasteiger partial charge in [0.25, 0.3) is 0 Å². The Bertz CT molecular complexity index is 1360. The van der Waals surface area contributed by atoms with Crippen molar-refractivity contribution in [1.29, 1.82) is 0 Å². The summed E-state index contributed by atoms with van der Waals surface area (Å²) in [6, 6.07) is 16.5. The van der Waals surface area contributed by atoms with Gasteiger partial charge in [-0.3, -0.25) is 9.97 Å². The van der Waals surface area contributed by atoms with E-state index in [-0.39, 0.29) is 6.04 Å². The molecule has 0 radical (unpaired) electrons. The van der Waals surface area contributed by atoms with Crippen molar-refractivity contribution in [2.45, 2.75) is 19.4 Å². The lowest BCUT2D eigenvalue weighted by atomic mass is 10.00. The first-order valence-corrected chi connectivity index (χ1v) is 10.4. The van der Waals surface area contributed by atoms with Crippen molar-refractivity contribution in [3.8, 4) is 16.9 Å². The van der Waals surface area contributed by atoms with E-state index in [2.05, 4.69) is 52.2 Å². The van der Waals surface area contributed by atoms with Crippen LogP contribution in [0.2, 0.25) is 0 Å². The number of benzene rings is 2. The Morgan fingerprint density at radius 3 is 2.84 bits per heavy atom. The predicted octanol–water partition coefficient (Wildman–Crippen LogP) is 5.04. The van der Waals surface area contributed by atoms with Gasteiger partial charge in [-0.1, -0.05) is 30.3 Å². The van der Waals surface area contributed by atoms with Gasteiger partial charge in [-0.05, 0) is 48.1 Å². The number of pyridine rings is 2. The number of nitrogens with two attached hydrogens (primary N) is 1. The van der Waals surface area contributed by atoms with E-state index in [4.69, 9.17) is 10.5 Å². The van der Waals surface area contributed by atoms with Crippen LogP contribution in [0.1, 0.15) is 11.1 Å². The molecule has 0 spiro atoms. The number of hydrogen-bond acceptors (Lipinski definition) is 4. The summed E-state index contributed by atoms with van der Waals surface area (Å²) < 4.78 is 6.10. The zero-order valence-corrected chi connectivity index (χ0v) is 17.4. The summed E-state index contributed by atoms with van der Waals surface area (Å²) >= 11 is 0. The van der Waals surface area contributed by atoms with Crippen LogP contribution in [-0.4, -0.2) is 27.6 Å². The lowest BCUT2D eigenvalue weighted by molar-refractivity contribution is 0.285. The molecule has 5 nitrogen and oxygen atoms in total. The second kappa shape index (κ2) is 8.20. The Morgan fingerprint density at radius 1 is 1.00 bits per heavy atom. The van der Waals surface area contributed by atoms with Crippen LogP contribution in [0.4, 0.5) is 0 Å². The predicted molar refractivity (Wildman–Crippen MR) is 125 cm³/mol. The van der Waals surface area contributed by atoms with Crippen molar-refractivity contribution >= 4 is 21.7 Å². The number of nitrogens with one attached hydrogen (secondary N) is 1. The molecule has 5 heteroatoms. The SMILES string of the molecule is Cc1c(OC[C@@H](N)Cc2c[nH]c3ccccc23)cncc1-c1ccc2cnccc2c1. The quantitative estimate of drug-likeness (QED) is 0.413. The summed E-state index contributed by atoms with van der Waals surface area (Å²) in [7, 11) is 0. The molecule has 154 valence electrons. The minimum absolute atomic E-state index is 0.115. The van der Waals surface area contributed by atoms with Crippen molar-refractivity contribution in [2.75, 3.05) is 6.61 Å². The Hall–Kier alpha value is -3.70. The van der Waals surface area contributed by atoms with E-state index in [1.165, 1.54) is 10.9 Å². The largest absolute Gasteiger partial charge is 0.490 e. The highest BCUT2D eigenvalue weighted by molar-refractivity contribution is 5.87. The van der Waals surface area contributed by atoms with Gasteiger partial charge in [0.15, 0.2) is 0 Å². The monoisotopic (exact) mass is 408 g/mol. The minimum atomic E-state index is -0.115. The first-order chi connectivity index (χ1) is 15.2. The number of nitrogens with zero attached hydrogens (tertiary/aromatic N) is 2. The van der Waals surface area contributed by atoms with E-state index in [1.54, 1.807) is 6.20 Å². The highest BCUT2D eigenvalue weighted by Crippen LogP contribution is 2.31. The van der Waals surface area contributed by atoms with Crippen LogP contribution < -0.4 is 10.5 Å². The number of H-pyrrole nitrogens is 1. The topological polar surface area (TPSA) is 76.8 Å². The van der Waals surface area contributed by atoms with Gasteiger partial charge in [0.2, 0.25) is 0 Å². The van der Waals surface area contributed by atoms with E-state index < -0.39 is 0 Å². The second-order valence-corrected chi connectivity index (χ2v) is 7.88. The van der Waals surface area contributed by atoms with E-state index >= 15 is 0 Å². The van der Waals surface area contributed by atoms with E-state index in [0.29, 0.717) is 6.61 Å². The normalized spacial score (nSPS) is 12.3. The third-order valence-corrected chi connectivity index (χ3v) is 5.73. The molecule has 0 aliphatic heterocycles. The number of aromatic nitrogens is 3. The van der Waals surface area contributed by atoms with Crippen LogP contribution in [0, 0.1) is 6.92 Å². The molecule has 1 atom stereocenters. The lowest BCUT2D eigenvalue weighted by Gasteiger charge is -2.16. The average Bonchev–Trinajstić information content (AvgIpc) is 3.21. The fourth-order valence-electron chi connectivity index (χ4n) is 4.03. The highest BCUT2D eigenvalue weighted by Gasteiger charge is 2.13. The number of rotatable bonds is 6. The zero-order chi connectivity index (χ0) is 21.2. The summed E-state index contributed by atoms with van der Waals surface area (Å²) in [5, 5.41) is 3.48. The maximum Gasteiger partial charge on any atom is 0.141 e. The van der Waals surface area contributed by atoms with Gasteiger partial charge in [0.1, 0.15) is 12.4 Å². The van der Waals surface area contributed by atoms with Gasteiger partial charge in [-0.25, -0.2) is 0 Å². The van der Waals surface area contributed by atoms with Crippen LogP contribution in [0.25, 0.3) is 32.8 Å². The summed E-state index contributed by atoms with van der Waals surface area (Å²) in [5.41, 5.74) is 12.0. The summed E-state index contributed by atoms with van der Waals surface area (Å²) in [4.78, 5) is 11.9. The van der Waals surface area contributed by atoms with Gasteiger partial charge < -0.3 is 15.5 Å². The van der Waals surface area contributed by atoms with Gasteiger partial charge in [-0.2, -0.15) is 0 Å². The molecule has 3 N–H and O–H groups in total. The highest BCUT2D eigenvalue weighted by atomic mass is 16.5. The Labute approximate surface area is 180 Å². The average molecular weight is 409 g/mol. The molecule has 0 fully saturated rings. The zero-order valence-electron chi connectivity index (χ0n) is 17.4. The lowest BCUT2D eigenvalue weighted by Crippen LogP contribution is -2.30. The van der Waals surface area contributed by atoms with Gasteiger partial charge in [0, 0.05) is 58.2 Å². The van der Waals surface area contributed by atoms with Gasteiger partial charge in [0.05, 0.1) is 6.20 Å². The molecule has 5 rings (SSSR count). The fraction of sp³-hybridized carbons (Fsp3) is 0.154. The summed E-state index contributed by atoms with van der Waals surface area (Å²) in [5.74, 6) is 0.765. The maximum absolute atomic E-state index is 6.40. The number of aromatic amines is 1. The minimum Gasteiger partial charge on any atom is -0.490 e. The Balaban J connectivity index is 1.32. The first kappa shape index (κ1) is 19.3. The molecule has 3 heterocycles. The molecular weight excluding hydrogens is 384 g/mol. The first-order valence-electron chi connectivity index (χ1n) is 10.4. The van der Waals surface area contributed by atoms with Crippen LogP contribution in [0.3, 0.4) is 0 Å². The smallest absolute Gasteiger partial charge is 0.141 e. The number of hydrogen-bond donors (Lipinski definition) is 2. The number of ether oxygens (including phenoxy) is 1. The van der Waals surface area contributed by atoms with Gasteiger partial charge >= 0.3 is 0 Å². The third kappa shape index (κ3) is 3.88. The Kier molecular flexibility index (Phi) is 5.10. The van der Waals surface area contributed by atoms with Crippen LogP contribution >= 0.6 is 0 Å². The molecule has 31 heavy (non-hydrogen) atoms. The molecule has 5 aromatic rings. The van der Waals surface area contributed by atoms with E-state index in [9.17, 15) is 0 Å². The van der Waals surface area contributed by atoms with E-state index in [0.717, 1.165) is 45.1 Å². The van der Waals surface area contributed by atoms with E-state index in [1.807, 2.05) is 43.0 Å². The molecular formula is C26H24N4O. The Morgan fingerprint density at radius 2 is 1.90 bits per heavy atom. The molecule has 0 unspecified atom stereocenters. The van der Waals surface area contributed by atoms with Crippen LogP contribution in [-0.2, 0) is 6.42 Å². The summed E-state index contributed by atoms with van der Waals surface area (Å²) in [6.07, 6.45) is 10.1. The molecule has 0 amide bonds. The number of fused-ring (bicyclic) bond motifs is 2. The molecule has 0 saturated heterocycles. The van der Waals surface area contributed by atoms with Crippen molar-refractivity contribution < 1.29 is 4.74 Å². The van der Waals surface area contributed by atoms with Crippen molar-refractivity contribution in [3.05, 3.63) is 90.6 Å².